The van der Waals surface area contributed by atoms with Crippen LogP contribution in [0.25, 0.3) is 0 Å². The molecule has 5 rings (SSSR count). The highest BCUT2D eigenvalue weighted by Crippen LogP contribution is 2.48. The molecule has 2 saturated carbocycles. The van der Waals surface area contributed by atoms with Crippen LogP contribution in [0.1, 0.15) is 92.0 Å². The van der Waals surface area contributed by atoms with Crippen LogP contribution in [0.15, 0.2) is 48.5 Å². The van der Waals surface area contributed by atoms with Gasteiger partial charge < -0.3 is 10.1 Å². The van der Waals surface area contributed by atoms with E-state index in [0.29, 0.717) is 41.8 Å². The van der Waals surface area contributed by atoms with Crippen molar-refractivity contribution in [2.24, 2.45) is 5.92 Å². The number of benzene rings is 2. The Balaban J connectivity index is 1.13. The highest BCUT2D eigenvalue weighted by atomic mass is 35.5. The molecule has 0 bridgehead atoms. The van der Waals surface area contributed by atoms with Crippen LogP contribution in [0.5, 0.6) is 6.01 Å². The summed E-state index contributed by atoms with van der Waals surface area (Å²) in [4.78, 5) is 49.9. The molecule has 1 aromatic heterocycles. The van der Waals surface area contributed by atoms with E-state index >= 15 is 0 Å². The Morgan fingerprint density at radius 1 is 0.980 bits per heavy atom. The number of unbranched alkanes of at least 4 members (excludes halogenated alkanes) is 1. The molecule has 0 aliphatic heterocycles. The topological polar surface area (TPSA) is 157 Å². The number of nitrogens with zero attached hydrogens (tertiary/aromatic N) is 3. The molecule has 0 spiro atoms. The summed E-state index contributed by atoms with van der Waals surface area (Å²) < 4.78 is 69.5. The number of sulfonamides is 1. The van der Waals surface area contributed by atoms with Gasteiger partial charge in [-0.15, -0.1) is 0 Å². The molecule has 0 unspecified atom stereocenters. The van der Waals surface area contributed by atoms with Crippen molar-refractivity contribution >= 4 is 45.0 Å². The third-order valence-electron chi connectivity index (χ3n) is 8.46. The van der Waals surface area contributed by atoms with E-state index in [1.165, 1.54) is 6.92 Å². The van der Waals surface area contributed by atoms with Gasteiger partial charge in [0.25, 0.3) is 0 Å². The second-order valence-electron chi connectivity index (χ2n) is 12.8. The van der Waals surface area contributed by atoms with Crippen molar-refractivity contribution in [3.8, 4) is 6.01 Å². The van der Waals surface area contributed by atoms with E-state index < -0.39 is 51.4 Å². The van der Waals surface area contributed by atoms with Crippen LogP contribution in [0, 0.1) is 5.92 Å². The third kappa shape index (κ3) is 10.7. The largest absolute Gasteiger partial charge is 0.454 e. The molecule has 50 heavy (non-hydrogen) atoms. The lowest BCUT2D eigenvalue weighted by molar-refractivity contribution is -0.154. The number of amides is 1. The molecule has 16 heteroatoms. The average Bonchev–Trinajstić information content (AvgIpc) is 3.98. The highest BCUT2D eigenvalue weighted by Gasteiger charge is 2.45. The van der Waals surface area contributed by atoms with Crippen molar-refractivity contribution in [3.63, 3.8) is 0 Å². The molecular formula is C34H37ClF3N5O6S. The Kier molecular flexibility index (Phi) is 11.5. The third-order valence-corrected chi connectivity index (χ3v) is 10.5. The number of carbonyl (C=O) groups excluding carboxylic acids is 3. The number of aromatic nitrogens is 3. The lowest BCUT2D eigenvalue weighted by atomic mass is 9.98. The van der Waals surface area contributed by atoms with E-state index in [1.54, 1.807) is 36.4 Å². The Bertz CT molecular complexity index is 1820. The minimum Gasteiger partial charge on any atom is -0.454 e. The fourth-order valence-corrected chi connectivity index (χ4v) is 6.85. The number of anilines is 1. The number of Topliss-reactive ketones (excluding diaryl/α,β-unsaturated/α-hetero) is 2. The zero-order valence-corrected chi connectivity index (χ0v) is 28.8. The fourth-order valence-electron chi connectivity index (χ4n) is 5.32. The maximum absolute atomic E-state index is 12.9. The molecule has 2 N–H and O–H groups in total. The van der Waals surface area contributed by atoms with Crippen LogP contribution < -0.4 is 14.8 Å². The number of halogens is 4. The summed E-state index contributed by atoms with van der Waals surface area (Å²) in [5.41, 5.74) is 1.60. The molecule has 1 amide bonds. The monoisotopic (exact) mass is 735 g/mol. The number of ketones is 2. The summed E-state index contributed by atoms with van der Waals surface area (Å²) in [6, 6.07) is 13.5. The number of carbonyl (C=O) groups is 3. The van der Waals surface area contributed by atoms with Gasteiger partial charge in [0.05, 0.1) is 10.8 Å². The first-order valence-electron chi connectivity index (χ1n) is 16.3. The van der Waals surface area contributed by atoms with Crippen LogP contribution in [-0.4, -0.2) is 58.9 Å². The molecule has 11 nitrogen and oxygen atoms in total. The molecule has 2 aliphatic rings. The SMILES string of the molecule is C[C@@H](CC(=O)CCCCC(=O)c1ccc(Cc2nc(NC3(c4ccc(Cl)cc4)CC3)nc(OCC(F)(F)F)n2)cc1)C(=O)NS(=O)(=O)C1CC1. The predicted molar refractivity (Wildman–Crippen MR) is 178 cm³/mol. The highest BCUT2D eigenvalue weighted by molar-refractivity contribution is 7.90. The van der Waals surface area contributed by atoms with Crippen molar-refractivity contribution in [3.05, 3.63) is 76.1 Å². The van der Waals surface area contributed by atoms with Crippen molar-refractivity contribution < 1.29 is 40.7 Å². The summed E-state index contributed by atoms with van der Waals surface area (Å²) in [7, 11) is -3.67. The van der Waals surface area contributed by atoms with Crippen molar-refractivity contribution in [2.75, 3.05) is 11.9 Å². The van der Waals surface area contributed by atoms with Gasteiger partial charge in [0, 0.05) is 42.2 Å². The molecule has 2 fully saturated rings. The van der Waals surface area contributed by atoms with E-state index in [9.17, 15) is 36.0 Å². The Hall–Kier alpha value is -4.11. The zero-order chi connectivity index (χ0) is 36.1. The van der Waals surface area contributed by atoms with Crippen molar-refractivity contribution in [1.82, 2.24) is 19.7 Å². The van der Waals surface area contributed by atoms with Gasteiger partial charge in [-0.05, 0) is 61.8 Å². The van der Waals surface area contributed by atoms with Gasteiger partial charge >= 0.3 is 12.2 Å². The number of ether oxygens (including phenoxy) is 1. The average molecular weight is 736 g/mol. The second-order valence-corrected chi connectivity index (χ2v) is 15.2. The number of nitrogens with one attached hydrogen (secondary N) is 2. The van der Waals surface area contributed by atoms with Crippen LogP contribution >= 0.6 is 11.6 Å². The quantitative estimate of drug-likeness (QED) is 0.116. The minimum absolute atomic E-state index is 0.0733. The lowest BCUT2D eigenvalue weighted by Crippen LogP contribution is -2.37. The normalized spacial score (nSPS) is 15.9. The Morgan fingerprint density at radius 2 is 1.64 bits per heavy atom. The van der Waals surface area contributed by atoms with Gasteiger partial charge in [0.15, 0.2) is 12.4 Å². The van der Waals surface area contributed by atoms with E-state index in [0.717, 1.165) is 18.4 Å². The molecular weight excluding hydrogens is 699 g/mol. The van der Waals surface area contributed by atoms with Crippen molar-refractivity contribution in [1.29, 1.82) is 0 Å². The first-order valence-corrected chi connectivity index (χ1v) is 18.2. The summed E-state index contributed by atoms with van der Waals surface area (Å²) in [6.45, 7) is -0.0570. The van der Waals surface area contributed by atoms with E-state index in [4.69, 9.17) is 16.3 Å². The smallest absolute Gasteiger partial charge is 0.422 e. The summed E-state index contributed by atoms with van der Waals surface area (Å²) in [5.74, 6) is -1.54. The summed E-state index contributed by atoms with van der Waals surface area (Å²) >= 11 is 6.03. The van der Waals surface area contributed by atoms with Crippen molar-refractivity contribution in [2.45, 2.75) is 88.1 Å². The molecule has 3 aromatic rings. The number of hydrogen-bond acceptors (Lipinski definition) is 10. The van der Waals surface area contributed by atoms with Gasteiger partial charge in [0.1, 0.15) is 11.6 Å². The summed E-state index contributed by atoms with van der Waals surface area (Å²) in [6.07, 6.45) is -0.730. The molecule has 2 aliphatic carbocycles. The fraction of sp³-hybridized carbons (Fsp3) is 0.471. The Morgan fingerprint density at radius 3 is 2.26 bits per heavy atom. The van der Waals surface area contributed by atoms with E-state index in [2.05, 4.69) is 25.0 Å². The van der Waals surface area contributed by atoms with Gasteiger partial charge in [-0.25, -0.2) is 8.42 Å². The maximum atomic E-state index is 12.9. The molecule has 1 heterocycles. The molecule has 0 saturated heterocycles. The van der Waals surface area contributed by atoms with Crippen LogP contribution in [-0.2, 0) is 31.6 Å². The summed E-state index contributed by atoms with van der Waals surface area (Å²) in [5, 5.41) is 3.29. The molecule has 0 radical (unpaired) electrons. The maximum Gasteiger partial charge on any atom is 0.422 e. The number of rotatable bonds is 18. The standard InChI is InChI=1S/C34H37ClF3N5O6S/c1-21(30(46)43-50(47,48)27-14-15-27)18-26(44)4-2-3-5-28(45)23-8-6-22(7-9-23)19-29-39-31(41-32(40-29)49-20-34(36,37)38)42-33(16-17-33)24-10-12-25(35)13-11-24/h6-13,21,27H,2-5,14-20H2,1H3,(H,43,46)(H,39,40,41,42)/t21-/m0/s1. The van der Waals surface area contributed by atoms with Gasteiger partial charge in [0.2, 0.25) is 21.9 Å². The lowest BCUT2D eigenvalue weighted by Gasteiger charge is -2.19. The minimum atomic E-state index is -4.59. The van der Waals surface area contributed by atoms with Gasteiger partial charge in [-0.2, -0.15) is 28.1 Å². The second kappa shape index (κ2) is 15.4. The van der Waals surface area contributed by atoms with Crippen LogP contribution in [0.4, 0.5) is 19.1 Å². The molecule has 1 atom stereocenters. The van der Waals surface area contributed by atoms with E-state index in [1.807, 2.05) is 12.1 Å². The van der Waals surface area contributed by atoms with Crippen LogP contribution in [0.3, 0.4) is 0 Å². The Labute approximate surface area is 292 Å². The van der Waals surface area contributed by atoms with Gasteiger partial charge in [-0.1, -0.05) is 54.9 Å². The van der Waals surface area contributed by atoms with Crippen LogP contribution in [0.2, 0.25) is 5.02 Å². The molecule has 2 aromatic carbocycles. The first-order chi connectivity index (χ1) is 23.6. The number of alkyl halides is 3. The predicted octanol–water partition coefficient (Wildman–Crippen LogP) is 6.10. The molecule has 268 valence electrons. The van der Waals surface area contributed by atoms with E-state index in [-0.39, 0.29) is 49.0 Å². The number of hydrogen-bond donors (Lipinski definition) is 2. The zero-order valence-electron chi connectivity index (χ0n) is 27.3. The van der Waals surface area contributed by atoms with Gasteiger partial charge in [-0.3, -0.25) is 19.1 Å². The first kappa shape index (κ1) is 37.2.